The number of allylic oxidation sites excluding steroid dienone is 8. The summed E-state index contributed by atoms with van der Waals surface area (Å²) in [6, 6.07) is 4.29. The molecule has 2 heteroatoms. The number of hydrogen-bond acceptors (Lipinski definition) is 1. The molecule has 3 rings (SSSR count). The lowest BCUT2D eigenvalue weighted by Gasteiger charge is -2.12. The topological polar surface area (TPSA) is 7.12 Å². The highest BCUT2D eigenvalue weighted by Gasteiger charge is 2.09. The highest BCUT2D eigenvalue weighted by Crippen LogP contribution is 2.27. The Bertz CT molecular complexity index is 624. The van der Waals surface area contributed by atoms with Crippen LogP contribution in [0.2, 0.25) is 0 Å². The number of rotatable bonds is 1. The maximum absolute atomic E-state index is 2.24. The minimum absolute atomic E-state index is 1.26. The quantitative estimate of drug-likeness (QED) is 0.694. The van der Waals surface area contributed by atoms with Gasteiger partial charge in [0.15, 0.2) is 12.4 Å². The van der Waals surface area contributed by atoms with Gasteiger partial charge in [0, 0.05) is 31.6 Å². The summed E-state index contributed by atoms with van der Waals surface area (Å²) >= 11 is 0. The van der Waals surface area contributed by atoms with E-state index < -0.39 is 0 Å². The molecule has 0 aromatic carbocycles. The smallest absolute Gasteiger partial charge is 0.169 e. The molecule has 0 atom stereocenters. The number of pyridine rings is 1. The maximum atomic E-state index is 2.24. The van der Waals surface area contributed by atoms with E-state index in [1.165, 1.54) is 22.3 Å². The van der Waals surface area contributed by atoms with Crippen LogP contribution in [0.15, 0.2) is 78.5 Å². The zero-order chi connectivity index (χ0) is 13.2. The second-order valence-electron chi connectivity index (χ2n) is 4.89. The summed E-state index contributed by atoms with van der Waals surface area (Å²) in [5, 5.41) is 0. The zero-order valence-corrected chi connectivity index (χ0v) is 11.2. The van der Waals surface area contributed by atoms with Gasteiger partial charge in [0.1, 0.15) is 7.05 Å². The van der Waals surface area contributed by atoms with E-state index in [-0.39, 0.29) is 0 Å². The van der Waals surface area contributed by atoms with Crippen molar-refractivity contribution in [1.29, 1.82) is 0 Å². The van der Waals surface area contributed by atoms with Gasteiger partial charge < -0.3 is 4.90 Å². The van der Waals surface area contributed by atoms with Crippen LogP contribution in [0.5, 0.6) is 0 Å². The molecular formula is C17H17N2+. The van der Waals surface area contributed by atoms with Crippen LogP contribution in [0.1, 0.15) is 5.56 Å². The number of aromatic nitrogens is 1. The largest absolute Gasteiger partial charge is 0.357 e. The molecule has 1 aliphatic heterocycles. The molecule has 94 valence electrons. The number of hydrogen-bond donors (Lipinski definition) is 0. The molecule has 0 unspecified atom stereocenters. The van der Waals surface area contributed by atoms with Crippen molar-refractivity contribution >= 4 is 5.57 Å². The van der Waals surface area contributed by atoms with Gasteiger partial charge in [-0.25, -0.2) is 4.57 Å². The molecule has 0 fully saturated rings. The lowest BCUT2D eigenvalue weighted by atomic mass is 10.1. The molecule has 2 nitrogen and oxygen atoms in total. The monoisotopic (exact) mass is 249 g/mol. The maximum Gasteiger partial charge on any atom is 0.169 e. The van der Waals surface area contributed by atoms with Gasteiger partial charge in [-0.3, -0.25) is 0 Å². The molecule has 2 aliphatic rings. The third-order valence-corrected chi connectivity index (χ3v) is 3.38. The second kappa shape index (κ2) is 4.73. The summed E-state index contributed by atoms with van der Waals surface area (Å²) in [5.41, 5.74) is 5.05. The van der Waals surface area contributed by atoms with Gasteiger partial charge in [0.2, 0.25) is 0 Å². The first kappa shape index (κ1) is 11.7. The first-order chi connectivity index (χ1) is 9.22. The molecule has 0 spiro atoms. The predicted octanol–water partition coefficient (Wildman–Crippen LogP) is 2.73. The molecule has 0 bridgehead atoms. The Morgan fingerprint density at radius 1 is 0.895 bits per heavy atom. The Labute approximate surface area is 114 Å². The van der Waals surface area contributed by atoms with E-state index in [1.54, 1.807) is 0 Å². The molecule has 19 heavy (non-hydrogen) atoms. The Morgan fingerprint density at radius 2 is 1.58 bits per heavy atom. The standard InChI is InChI=1S/C17H17N2/c1-18-9-5-14(6-10-18)16-3-4-17(13-16)15-7-11-19(2)12-8-15/h3-13H,1-2H3/q+1. The van der Waals surface area contributed by atoms with Gasteiger partial charge in [-0.2, -0.15) is 0 Å². The lowest BCUT2D eigenvalue weighted by Crippen LogP contribution is -2.25. The molecule has 1 aromatic rings. The summed E-state index contributed by atoms with van der Waals surface area (Å²) in [4.78, 5) is 2.05. The molecule has 0 radical (unpaired) electrons. The van der Waals surface area contributed by atoms with Crippen molar-refractivity contribution < 1.29 is 4.57 Å². The van der Waals surface area contributed by atoms with Crippen LogP contribution in [-0.2, 0) is 7.05 Å². The SMILES string of the molecule is CN1C=CC(=C2C=CC(c3cc[n+](C)cc3)=C2)C=C1. The molecule has 0 saturated heterocycles. The van der Waals surface area contributed by atoms with Crippen LogP contribution >= 0.6 is 0 Å². The van der Waals surface area contributed by atoms with Crippen molar-refractivity contribution in [3.63, 3.8) is 0 Å². The first-order valence-electron chi connectivity index (χ1n) is 6.40. The lowest BCUT2D eigenvalue weighted by molar-refractivity contribution is -0.671. The van der Waals surface area contributed by atoms with Crippen molar-refractivity contribution in [2.45, 2.75) is 0 Å². The molecule has 0 N–H and O–H groups in total. The van der Waals surface area contributed by atoms with E-state index in [0.717, 1.165) is 0 Å². The highest BCUT2D eigenvalue weighted by molar-refractivity contribution is 5.81. The van der Waals surface area contributed by atoms with E-state index in [2.05, 4.69) is 67.3 Å². The molecule has 0 amide bonds. The Balaban J connectivity index is 1.92. The van der Waals surface area contributed by atoms with Crippen LogP contribution in [0.4, 0.5) is 0 Å². The van der Waals surface area contributed by atoms with Crippen molar-refractivity contribution in [2.24, 2.45) is 7.05 Å². The minimum atomic E-state index is 1.26. The van der Waals surface area contributed by atoms with Crippen LogP contribution in [0, 0.1) is 0 Å². The van der Waals surface area contributed by atoms with Crippen LogP contribution in [0.25, 0.3) is 5.57 Å². The third kappa shape index (κ3) is 2.43. The summed E-state index contributed by atoms with van der Waals surface area (Å²) in [6.45, 7) is 0. The van der Waals surface area contributed by atoms with E-state index in [0.29, 0.717) is 0 Å². The average Bonchev–Trinajstić information content (AvgIpc) is 2.90. The molecule has 1 aromatic heterocycles. The fraction of sp³-hybridized carbons (Fsp3) is 0.118. The predicted molar refractivity (Wildman–Crippen MR) is 77.8 cm³/mol. The third-order valence-electron chi connectivity index (χ3n) is 3.38. The van der Waals surface area contributed by atoms with Crippen LogP contribution < -0.4 is 4.57 Å². The molecule has 0 saturated carbocycles. The Kier molecular flexibility index (Phi) is 2.92. The summed E-state index contributed by atoms with van der Waals surface area (Å²) < 4.78 is 2.05. The van der Waals surface area contributed by atoms with Crippen molar-refractivity contribution in [1.82, 2.24) is 4.90 Å². The fourth-order valence-electron chi connectivity index (χ4n) is 2.19. The van der Waals surface area contributed by atoms with Gasteiger partial charge in [0.05, 0.1) is 0 Å². The Morgan fingerprint density at radius 3 is 2.26 bits per heavy atom. The molecular weight excluding hydrogens is 232 g/mol. The summed E-state index contributed by atoms with van der Waals surface area (Å²) in [6.07, 6.45) is 19.2. The molecule has 1 aliphatic carbocycles. The van der Waals surface area contributed by atoms with Gasteiger partial charge in [0.25, 0.3) is 0 Å². The average molecular weight is 249 g/mol. The summed E-state index contributed by atoms with van der Waals surface area (Å²) in [7, 11) is 4.06. The van der Waals surface area contributed by atoms with Crippen molar-refractivity contribution in [3.8, 4) is 0 Å². The fourth-order valence-corrected chi connectivity index (χ4v) is 2.19. The van der Waals surface area contributed by atoms with Crippen molar-refractivity contribution in [2.75, 3.05) is 7.05 Å². The van der Waals surface area contributed by atoms with E-state index >= 15 is 0 Å². The van der Waals surface area contributed by atoms with Crippen LogP contribution in [-0.4, -0.2) is 11.9 Å². The molecule has 2 heterocycles. The normalized spacial score (nSPS) is 17.4. The summed E-state index contributed by atoms with van der Waals surface area (Å²) in [5.74, 6) is 0. The number of nitrogens with zero attached hydrogens (tertiary/aromatic N) is 2. The van der Waals surface area contributed by atoms with E-state index in [1.807, 2.05) is 23.6 Å². The van der Waals surface area contributed by atoms with E-state index in [9.17, 15) is 0 Å². The first-order valence-corrected chi connectivity index (χ1v) is 6.40. The van der Waals surface area contributed by atoms with Gasteiger partial charge >= 0.3 is 0 Å². The number of aryl methyl sites for hydroxylation is 1. The Hall–Kier alpha value is -2.35. The van der Waals surface area contributed by atoms with Gasteiger partial charge in [-0.1, -0.05) is 12.2 Å². The zero-order valence-electron chi connectivity index (χ0n) is 11.2. The second-order valence-corrected chi connectivity index (χ2v) is 4.89. The highest BCUT2D eigenvalue weighted by atomic mass is 15.0. The van der Waals surface area contributed by atoms with Gasteiger partial charge in [-0.15, -0.1) is 0 Å². The van der Waals surface area contributed by atoms with Gasteiger partial charge in [-0.05, 0) is 40.5 Å². The minimum Gasteiger partial charge on any atom is -0.357 e. The van der Waals surface area contributed by atoms with Crippen LogP contribution in [0.3, 0.4) is 0 Å². The van der Waals surface area contributed by atoms with Crippen molar-refractivity contribution in [3.05, 3.63) is 84.0 Å². The van der Waals surface area contributed by atoms with E-state index in [4.69, 9.17) is 0 Å².